The first-order chi connectivity index (χ1) is 11.5. The Morgan fingerprint density at radius 1 is 1.29 bits per heavy atom. The van der Waals surface area contributed by atoms with Gasteiger partial charge < -0.3 is 15.7 Å². The molecular formula is C18H30N4O2. The highest BCUT2D eigenvalue weighted by molar-refractivity contribution is 5.76. The van der Waals surface area contributed by atoms with Crippen molar-refractivity contribution in [2.75, 3.05) is 13.1 Å². The first-order valence-corrected chi connectivity index (χ1v) is 9.14. The third-order valence-electron chi connectivity index (χ3n) is 5.91. The Morgan fingerprint density at radius 3 is 2.50 bits per heavy atom. The van der Waals surface area contributed by atoms with Gasteiger partial charge in [0, 0.05) is 11.7 Å². The summed E-state index contributed by atoms with van der Waals surface area (Å²) >= 11 is 0. The van der Waals surface area contributed by atoms with E-state index < -0.39 is 0 Å². The molecule has 2 fully saturated rings. The number of aliphatic hydroxyl groups is 1. The molecule has 1 amide bonds. The standard InChI is InChI=1S/C18H30N4O2/c1-11-12(2)21-22(13(11)3)10-17(24)20-18(15-8-16(23)9-15)14-4-6-19-7-5-14/h14-16,18-19,23H,4-10H2,1-3H3,(H,20,24)/t15?,16?,18-/m1/s1. The van der Waals surface area contributed by atoms with Gasteiger partial charge in [-0.15, -0.1) is 0 Å². The van der Waals surface area contributed by atoms with Crippen molar-refractivity contribution >= 4 is 5.91 Å². The summed E-state index contributed by atoms with van der Waals surface area (Å²) in [5.41, 5.74) is 3.19. The van der Waals surface area contributed by atoms with Crippen molar-refractivity contribution < 1.29 is 9.90 Å². The summed E-state index contributed by atoms with van der Waals surface area (Å²) in [5, 5.41) is 20.8. The third kappa shape index (κ3) is 3.64. The molecule has 1 aromatic rings. The molecular weight excluding hydrogens is 304 g/mol. The lowest BCUT2D eigenvalue weighted by Gasteiger charge is -2.43. The van der Waals surface area contributed by atoms with Crippen LogP contribution in [0, 0.1) is 32.6 Å². The number of piperidine rings is 1. The van der Waals surface area contributed by atoms with Crippen LogP contribution in [0.3, 0.4) is 0 Å². The van der Waals surface area contributed by atoms with Gasteiger partial charge in [-0.3, -0.25) is 9.48 Å². The highest BCUT2D eigenvalue weighted by atomic mass is 16.3. The number of aliphatic hydroxyl groups excluding tert-OH is 1. The summed E-state index contributed by atoms with van der Waals surface area (Å²) in [4.78, 5) is 12.6. The second kappa shape index (κ2) is 7.23. The summed E-state index contributed by atoms with van der Waals surface area (Å²) in [7, 11) is 0. The Bertz CT molecular complexity index is 586. The maximum Gasteiger partial charge on any atom is 0.241 e. The van der Waals surface area contributed by atoms with Crippen molar-refractivity contribution in [3.8, 4) is 0 Å². The van der Waals surface area contributed by atoms with Crippen LogP contribution < -0.4 is 10.6 Å². The summed E-state index contributed by atoms with van der Waals surface area (Å²) < 4.78 is 1.80. The minimum atomic E-state index is -0.185. The van der Waals surface area contributed by atoms with Gasteiger partial charge in [-0.05, 0) is 76.9 Å². The Morgan fingerprint density at radius 2 is 1.96 bits per heavy atom. The largest absolute Gasteiger partial charge is 0.393 e. The van der Waals surface area contributed by atoms with Gasteiger partial charge in [0.2, 0.25) is 5.91 Å². The molecule has 1 aliphatic carbocycles. The number of carbonyl (C=O) groups excluding carboxylic acids is 1. The zero-order chi connectivity index (χ0) is 17.3. The molecule has 1 atom stereocenters. The quantitative estimate of drug-likeness (QED) is 0.752. The molecule has 2 aliphatic rings. The monoisotopic (exact) mass is 334 g/mol. The van der Waals surface area contributed by atoms with Crippen LogP contribution in [0.2, 0.25) is 0 Å². The topological polar surface area (TPSA) is 79.2 Å². The van der Waals surface area contributed by atoms with Gasteiger partial charge in [0.25, 0.3) is 0 Å². The minimum Gasteiger partial charge on any atom is -0.393 e. The molecule has 0 spiro atoms. The van der Waals surface area contributed by atoms with Crippen LogP contribution in [0.15, 0.2) is 0 Å². The van der Waals surface area contributed by atoms with E-state index in [2.05, 4.69) is 15.7 Å². The Kier molecular flexibility index (Phi) is 5.25. The molecule has 0 aromatic carbocycles. The van der Waals surface area contributed by atoms with Crippen molar-refractivity contribution in [3.05, 3.63) is 17.0 Å². The summed E-state index contributed by atoms with van der Waals surface area (Å²) in [6.07, 6.45) is 3.63. The van der Waals surface area contributed by atoms with E-state index in [0.717, 1.165) is 55.7 Å². The molecule has 6 nitrogen and oxygen atoms in total. The van der Waals surface area contributed by atoms with E-state index in [1.54, 1.807) is 4.68 Å². The van der Waals surface area contributed by atoms with Crippen LogP contribution >= 0.6 is 0 Å². The van der Waals surface area contributed by atoms with E-state index in [1.165, 1.54) is 0 Å². The number of hydrogen-bond donors (Lipinski definition) is 3. The van der Waals surface area contributed by atoms with Crippen LogP contribution in [0.4, 0.5) is 0 Å². The number of aryl methyl sites for hydroxylation is 1. The lowest BCUT2D eigenvalue weighted by atomic mass is 9.71. The van der Waals surface area contributed by atoms with Gasteiger partial charge in [0.05, 0.1) is 11.8 Å². The molecule has 1 saturated carbocycles. The number of hydrogen-bond acceptors (Lipinski definition) is 4. The van der Waals surface area contributed by atoms with Crippen LogP contribution in [0.1, 0.15) is 42.6 Å². The lowest BCUT2D eigenvalue weighted by Crippen LogP contribution is -2.53. The molecule has 24 heavy (non-hydrogen) atoms. The second-order valence-corrected chi connectivity index (χ2v) is 7.52. The van der Waals surface area contributed by atoms with Crippen LogP contribution in [-0.2, 0) is 11.3 Å². The van der Waals surface area contributed by atoms with E-state index >= 15 is 0 Å². The molecule has 134 valence electrons. The number of rotatable bonds is 5. The van der Waals surface area contributed by atoms with E-state index in [1.807, 2.05) is 20.8 Å². The van der Waals surface area contributed by atoms with Crippen molar-refractivity contribution in [2.45, 2.75) is 65.1 Å². The number of nitrogens with one attached hydrogen (secondary N) is 2. The number of aromatic nitrogens is 2. The molecule has 1 aromatic heterocycles. The maximum absolute atomic E-state index is 12.6. The first-order valence-electron chi connectivity index (χ1n) is 9.14. The zero-order valence-corrected chi connectivity index (χ0v) is 15.0. The fraction of sp³-hybridized carbons (Fsp3) is 0.778. The average molecular weight is 334 g/mol. The molecule has 0 radical (unpaired) electrons. The number of carbonyl (C=O) groups is 1. The van der Waals surface area contributed by atoms with E-state index in [4.69, 9.17) is 0 Å². The summed E-state index contributed by atoms with van der Waals surface area (Å²) in [6.45, 7) is 8.34. The molecule has 6 heteroatoms. The highest BCUT2D eigenvalue weighted by Gasteiger charge is 2.39. The van der Waals surface area contributed by atoms with Gasteiger partial charge in [-0.2, -0.15) is 5.10 Å². The predicted molar refractivity (Wildman–Crippen MR) is 92.7 cm³/mol. The van der Waals surface area contributed by atoms with Gasteiger partial charge in [-0.25, -0.2) is 0 Å². The Hall–Kier alpha value is -1.40. The molecule has 3 N–H and O–H groups in total. The van der Waals surface area contributed by atoms with Gasteiger partial charge >= 0.3 is 0 Å². The van der Waals surface area contributed by atoms with Gasteiger partial charge in [0.15, 0.2) is 0 Å². The molecule has 0 unspecified atom stereocenters. The molecule has 1 saturated heterocycles. The fourth-order valence-corrected chi connectivity index (χ4v) is 4.06. The van der Waals surface area contributed by atoms with Gasteiger partial charge in [0.1, 0.15) is 6.54 Å². The number of amides is 1. The van der Waals surface area contributed by atoms with Crippen molar-refractivity contribution in [3.63, 3.8) is 0 Å². The van der Waals surface area contributed by atoms with E-state index in [-0.39, 0.29) is 24.6 Å². The van der Waals surface area contributed by atoms with E-state index in [9.17, 15) is 9.90 Å². The summed E-state index contributed by atoms with van der Waals surface area (Å²) in [6, 6.07) is 0.182. The molecule has 0 bridgehead atoms. The number of nitrogens with zero attached hydrogens (tertiary/aromatic N) is 2. The minimum absolute atomic E-state index is 0.0329. The van der Waals surface area contributed by atoms with Crippen LogP contribution in [0.25, 0.3) is 0 Å². The maximum atomic E-state index is 12.6. The van der Waals surface area contributed by atoms with Gasteiger partial charge in [-0.1, -0.05) is 0 Å². The normalized spacial score (nSPS) is 26.0. The van der Waals surface area contributed by atoms with Crippen molar-refractivity contribution in [1.82, 2.24) is 20.4 Å². The molecule has 2 heterocycles. The Labute approximate surface area is 144 Å². The van der Waals surface area contributed by atoms with Crippen molar-refractivity contribution in [1.29, 1.82) is 0 Å². The lowest BCUT2D eigenvalue weighted by molar-refractivity contribution is -0.124. The first kappa shape index (κ1) is 17.4. The predicted octanol–water partition coefficient (Wildman–Crippen LogP) is 1.06. The Balaban J connectivity index is 1.65. The molecule has 1 aliphatic heterocycles. The SMILES string of the molecule is Cc1nn(CC(=O)N[C@H](C2CCNCC2)C2CC(O)C2)c(C)c1C. The third-order valence-corrected chi connectivity index (χ3v) is 5.91. The summed E-state index contributed by atoms with van der Waals surface area (Å²) in [5.74, 6) is 0.953. The zero-order valence-electron chi connectivity index (χ0n) is 15.0. The van der Waals surface area contributed by atoms with Crippen molar-refractivity contribution in [2.24, 2.45) is 11.8 Å². The van der Waals surface area contributed by atoms with Crippen LogP contribution in [-0.4, -0.2) is 46.0 Å². The van der Waals surface area contributed by atoms with E-state index in [0.29, 0.717) is 11.8 Å². The van der Waals surface area contributed by atoms with Crippen LogP contribution in [0.5, 0.6) is 0 Å². The smallest absolute Gasteiger partial charge is 0.241 e. The average Bonchev–Trinajstić information content (AvgIpc) is 2.78. The second-order valence-electron chi connectivity index (χ2n) is 7.52. The fourth-order valence-electron chi connectivity index (χ4n) is 4.06. The highest BCUT2D eigenvalue weighted by Crippen LogP contribution is 2.35. The molecule has 3 rings (SSSR count).